The molecule has 6 heteroatoms. The van der Waals surface area contributed by atoms with Gasteiger partial charge in [0.15, 0.2) is 11.3 Å². The van der Waals surface area contributed by atoms with E-state index in [4.69, 9.17) is 4.42 Å². The predicted molar refractivity (Wildman–Crippen MR) is 268 cm³/mol. The van der Waals surface area contributed by atoms with Crippen LogP contribution in [-0.2, 0) is 5.41 Å². The molecule has 11 aromatic rings. The van der Waals surface area contributed by atoms with Crippen LogP contribution in [0.15, 0.2) is 235 Å². The van der Waals surface area contributed by atoms with E-state index in [1.54, 1.807) is 6.07 Å². The molecule has 0 N–H and O–H groups in total. The molecule has 0 saturated heterocycles. The summed E-state index contributed by atoms with van der Waals surface area (Å²) in [5.41, 5.74) is 17.7. The quantitative estimate of drug-likeness (QED) is 0.159. The zero-order chi connectivity index (χ0) is 45.6. The van der Waals surface area contributed by atoms with Crippen LogP contribution in [0.1, 0.15) is 22.3 Å². The molecule has 3 nitrogen and oxygen atoms in total. The average molecular weight is 886 g/mol. The van der Waals surface area contributed by atoms with Crippen LogP contribution in [0, 0.1) is 0 Å². The van der Waals surface area contributed by atoms with Crippen molar-refractivity contribution in [2.75, 3.05) is 4.90 Å². The molecule has 2 aliphatic rings. The summed E-state index contributed by atoms with van der Waals surface area (Å²) < 4.78 is 53.4. The van der Waals surface area contributed by atoms with Crippen LogP contribution < -0.4 is 9.64 Å². The molecule has 1 heterocycles. The molecule has 324 valence electrons. The fraction of sp³-hybridized carbons (Fsp3) is 0.0323. The second kappa shape index (κ2) is 15.2. The molecule has 0 atom stereocenters. The lowest BCUT2D eigenvalue weighted by Crippen LogP contribution is -2.26. The summed E-state index contributed by atoms with van der Waals surface area (Å²) in [5.74, 6) is -0.383. The topological polar surface area (TPSA) is 25.6 Å². The van der Waals surface area contributed by atoms with Crippen molar-refractivity contribution < 1.29 is 22.3 Å². The van der Waals surface area contributed by atoms with Crippen molar-refractivity contribution in [1.82, 2.24) is 0 Å². The van der Waals surface area contributed by atoms with Crippen LogP contribution in [0.4, 0.5) is 30.2 Å². The molecule has 0 bridgehead atoms. The van der Waals surface area contributed by atoms with Crippen molar-refractivity contribution in [3.8, 4) is 61.4 Å². The number of alkyl halides is 3. The third kappa shape index (κ3) is 6.07. The molecule has 0 radical (unpaired) electrons. The summed E-state index contributed by atoms with van der Waals surface area (Å²) in [4.78, 5) is 2.25. The van der Waals surface area contributed by atoms with Gasteiger partial charge in [0.1, 0.15) is 5.58 Å². The van der Waals surface area contributed by atoms with Crippen molar-refractivity contribution in [3.63, 3.8) is 0 Å². The molecule has 0 fully saturated rings. The molecular weight excluding hydrogens is 848 g/mol. The Hall–Kier alpha value is -8.61. The molecule has 0 unspecified atom stereocenters. The number of hydrogen-bond donors (Lipinski definition) is 0. The minimum atomic E-state index is -4.91. The van der Waals surface area contributed by atoms with E-state index in [9.17, 15) is 13.2 Å². The number of furan rings is 1. The number of nitrogens with zero attached hydrogens (tertiary/aromatic N) is 1. The maximum Gasteiger partial charge on any atom is 0.573 e. The first-order chi connectivity index (χ1) is 33.3. The lowest BCUT2D eigenvalue weighted by atomic mass is 9.68. The maximum atomic E-state index is 14.0. The molecule has 1 spiro atoms. The standard InChI is InChI=1S/C62H38F3NO2/c63-62(64,65)68-56-25-13-21-50-52-38-51-49-20-9-12-24-55(49)61(53-22-10-7-18-47(53)48-19-8-11-23-54(48)61)58(51)57(60(52)67-59(50)56)43-30-36-46(37-31-43)66(44-32-26-41(27-33-44)39-14-3-1-4-15-39)45-34-28-42(29-35-45)40-16-5-2-6-17-40/h1-38H. The lowest BCUT2D eigenvalue weighted by Gasteiger charge is -2.32. The minimum Gasteiger partial charge on any atom is -0.451 e. The number of hydrogen-bond acceptors (Lipinski definition) is 3. The first kappa shape index (κ1) is 39.7. The van der Waals surface area contributed by atoms with E-state index in [-0.39, 0.29) is 11.3 Å². The van der Waals surface area contributed by atoms with Gasteiger partial charge in [-0.1, -0.05) is 182 Å². The van der Waals surface area contributed by atoms with Crippen LogP contribution in [-0.4, -0.2) is 6.36 Å². The van der Waals surface area contributed by atoms with Crippen LogP contribution in [0.2, 0.25) is 0 Å². The molecule has 0 aliphatic heterocycles. The van der Waals surface area contributed by atoms with Crippen LogP contribution in [0.25, 0.3) is 77.6 Å². The Kier molecular flexibility index (Phi) is 8.90. The van der Waals surface area contributed by atoms with Gasteiger partial charge in [-0.15, -0.1) is 13.2 Å². The SMILES string of the molecule is FC(F)(F)Oc1cccc2c1oc1c(-c3ccc(N(c4ccc(-c5ccccc5)cc4)c4ccc(-c5ccccc5)cc4)cc3)c3c(cc12)-c1ccccc1C31c2ccccc2-c2ccccc21. The number of ether oxygens (including phenoxy) is 1. The summed E-state index contributed by atoms with van der Waals surface area (Å²) in [6, 6.07) is 78.9. The summed E-state index contributed by atoms with van der Waals surface area (Å²) in [6.45, 7) is 0. The first-order valence-corrected chi connectivity index (χ1v) is 22.6. The smallest absolute Gasteiger partial charge is 0.451 e. The zero-order valence-electron chi connectivity index (χ0n) is 36.3. The second-order valence-corrected chi connectivity index (χ2v) is 17.4. The van der Waals surface area contributed by atoms with Gasteiger partial charge >= 0.3 is 6.36 Å². The van der Waals surface area contributed by atoms with E-state index in [0.29, 0.717) is 16.4 Å². The van der Waals surface area contributed by atoms with Crippen molar-refractivity contribution in [3.05, 3.63) is 253 Å². The lowest BCUT2D eigenvalue weighted by molar-refractivity contribution is -0.274. The fourth-order valence-electron chi connectivity index (χ4n) is 11.1. The Morgan fingerprint density at radius 1 is 0.382 bits per heavy atom. The number of halogens is 3. The molecule has 1 aromatic heterocycles. The Balaban J connectivity index is 1.05. The maximum absolute atomic E-state index is 14.0. The highest BCUT2D eigenvalue weighted by molar-refractivity contribution is 6.16. The summed E-state index contributed by atoms with van der Waals surface area (Å²) >= 11 is 0. The Bertz CT molecular complexity index is 3600. The third-order valence-electron chi connectivity index (χ3n) is 13.8. The van der Waals surface area contributed by atoms with Gasteiger partial charge in [0.25, 0.3) is 0 Å². The second-order valence-electron chi connectivity index (χ2n) is 17.4. The largest absolute Gasteiger partial charge is 0.573 e. The summed E-state index contributed by atoms with van der Waals surface area (Å²) in [5, 5.41) is 1.24. The van der Waals surface area contributed by atoms with Crippen LogP contribution >= 0.6 is 0 Å². The summed E-state index contributed by atoms with van der Waals surface area (Å²) in [6.07, 6.45) is -4.91. The molecule has 13 rings (SSSR count). The van der Waals surface area contributed by atoms with Crippen molar-refractivity contribution in [1.29, 1.82) is 0 Å². The molecule has 2 aliphatic carbocycles. The third-order valence-corrected chi connectivity index (χ3v) is 13.8. The number of anilines is 3. The highest BCUT2D eigenvalue weighted by atomic mass is 19.4. The summed E-state index contributed by atoms with van der Waals surface area (Å²) in [7, 11) is 0. The van der Waals surface area contributed by atoms with E-state index in [1.807, 2.05) is 42.5 Å². The Morgan fingerprint density at radius 3 is 1.29 bits per heavy atom. The van der Waals surface area contributed by atoms with E-state index in [2.05, 4.69) is 186 Å². The fourth-order valence-corrected chi connectivity index (χ4v) is 11.1. The van der Waals surface area contributed by atoms with Crippen LogP contribution in [0.3, 0.4) is 0 Å². The number of para-hydroxylation sites is 1. The van der Waals surface area contributed by atoms with Crippen molar-refractivity contribution in [2.45, 2.75) is 11.8 Å². The predicted octanol–water partition coefficient (Wildman–Crippen LogP) is 17.3. The molecular formula is C62H38F3NO2. The monoisotopic (exact) mass is 885 g/mol. The van der Waals surface area contributed by atoms with Crippen molar-refractivity contribution in [2.24, 2.45) is 0 Å². The van der Waals surface area contributed by atoms with Gasteiger partial charge in [0.2, 0.25) is 0 Å². The van der Waals surface area contributed by atoms with E-state index in [0.717, 1.165) is 95.0 Å². The van der Waals surface area contributed by atoms with E-state index in [1.165, 1.54) is 6.07 Å². The zero-order valence-corrected chi connectivity index (χ0v) is 36.3. The molecule has 10 aromatic carbocycles. The van der Waals surface area contributed by atoms with Gasteiger partial charge in [-0.3, -0.25) is 0 Å². The van der Waals surface area contributed by atoms with Crippen molar-refractivity contribution >= 4 is 39.0 Å². The van der Waals surface area contributed by atoms with Crippen LogP contribution in [0.5, 0.6) is 5.75 Å². The molecule has 0 saturated carbocycles. The van der Waals surface area contributed by atoms with E-state index >= 15 is 0 Å². The number of rotatable bonds is 7. The Morgan fingerprint density at radius 2 is 0.809 bits per heavy atom. The molecule has 0 amide bonds. The van der Waals surface area contributed by atoms with Gasteiger partial charge in [-0.05, 0) is 121 Å². The van der Waals surface area contributed by atoms with Gasteiger partial charge in [0, 0.05) is 33.4 Å². The molecule has 68 heavy (non-hydrogen) atoms. The number of fused-ring (bicyclic) bond motifs is 13. The highest BCUT2D eigenvalue weighted by Crippen LogP contribution is 2.66. The normalized spacial score (nSPS) is 13.0. The highest BCUT2D eigenvalue weighted by Gasteiger charge is 2.53. The van der Waals surface area contributed by atoms with E-state index < -0.39 is 11.8 Å². The van der Waals surface area contributed by atoms with Gasteiger partial charge < -0.3 is 14.1 Å². The van der Waals surface area contributed by atoms with Gasteiger partial charge in [-0.25, -0.2) is 0 Å². The van der Waals surface area contributed by atoms with Gasteiger partial charge in [-0.2, -0.15) is 0 Å². The average Bonchev–Trinajstić information content (AvgIpc) is 4.01. The first-order valence-electron chi connectivity index (χ1n) is 22.6. The minimum absolute atomic E-state index is 0.0417. The van der Waals surface area contributed by atoms with Gasteiger partial charge in [0.05, 0.1) is 5.41 Å². The number of benzene rings is 10. The Labute approximate surface area is 390 Å².